The molecule has 0 N–H and O–H groups in total. The highest BCUT2D eigenvalue weighted by molar-refractivity contribution is 5.68. The molecule has 0 amide bonds. The molecule has 1 aromatic carbocycles. The average molecular weight is 395 g/mol. The summed E-state index contributed by atoms with van der Waals surface area (Å²) in [6.45, 7) is 2.14. The second kappa shape index (κ2) is 6.45. The molecule has 0 radical (unpaired) electrons. The maximum absolute atomic E-state index is 4.93. The third-order valence-electron chi connectivity index (χ3n) is 5.38. The van der Waals surface area contributed by atoms with E-state index in [0.717, 1.165) is 35.0 Å². The van der Waals surface area contributed by atoms with Crippen LogP contribution >= 0.6 is 0 Å². The van der Waals surface area contributed by atoms with Crippen molar-refractivity contribution in [3.8, 4) is 23.0 Å². The van der Waals surface area contributed by atoms with Crippen molar-refractivity contribution in [2.24, 2.45) is 0 Å². The first kappa shape index (κ1) is 16.8. The van der Waals surface area contributed by atoms with Gasteiger partial charge in [0.2, 0.25) is 0 Å². The lowest BCUT2D eigenvalue weighted by Gasteiger charge is -2.38. The van der Waals surface area contributed by atoms with Gasteiger partial charge in [0.15, 0.2) is 17.5 Å². The molecule has 1 atom stereocenters. The molecule has 0 bridgehead atoms. The minimum Gasteiger partial charge on any atom is -0.314 e. The topological polar surface area (TPSA) is 90.4 Å². The number of aromatic nitrogens is 8. The SMILES string of the molecule is CC[C@@H]1c2nncn2-c2cnc(-n3ncnc3-c3ccccc3)nc2N1C1=CC=C1. The van der Waals surface area contributed by atoms with Gasteiger partial charge in [-0.15, -0.1) is 10.2 Å². The Labute approximate surface area is 172 Å². The molecule has 30 heavy (non-hydrogen) atoms. The first-order valence-electron chi connectivity index (χ1n) is 9.76. The molecule has 146 valence electrons. The van der Waals surface area contributed by atoms with Crippen LogP contribution in [0.15, 0.2) is 73.1 Å². The smallest absolute Gasteiger partial charge is 0.254 e. The maximum atomic E-state index is 4.93. The van der Waals surface area contributed by atoms with Crippen LogP contribution in [0.3, 0.4) is 0 Å². The van der Waals surface area contributed by atoms with Crippen LogP contribution in [0.5, 0.6) is 0 Å². The Bertz CT molecular complexity index is 1300. The Morgan fingerprint density at radius 3 is 2.73 bits per heavy atom. The molecule has 6 rings (SSSR count). The second-order valence-corrected chi connectivity index (χ2v) is 7.04. The van der Waals surface area contributed by atoms with E-state index >= 15 is 0 Å². The fourth-order valence-electron chi connectivity index (χ4n) is 3.91. The summed E-state index contributed by atoms with van der Waals surface area (Å²) in [5, 5.41) is 12.9. The van der Waals surface area contributed by atoms with Gasteiger partial charge in [0, 0.05) is 11.3 Å². The zero-order valence-corrected chi connectivity index (χ0v) is 16.2. The molecular formula is C21H17N9. The van der Waals surface area contributed by atoms with Crippen molar-refractivity contribution < 1.29 is 0 Å². The van der Waals surface area contributed by atoms with Crippen LogP contribution in [0.4, 0.5) is 5.82 Å². The molecule has 4 aromatic rings. The van der Waals surface area contributed by atoms with Gasteiger partial charge in [-0.25, -0.2) is 9.97 Å². The summed E-state index contributed by atoms with van der Waals surface area (Å²) >= 11 is 0. The normalized spacial score (nSPS) is 16.6. The van der Waals surface area contributed by atoms with E-state index in [1.165, 1.54) is 6.33 Å². The average Bonchev–Trinajstić information content (AvgIpc) is 3.43. The lowest BCUT2D eigenvalue weighted by molar-refractivity contribution is 0.573. The standard InChI is InChI=1S/C21H17N9/c1-2-16-20-27-24-13-28(20)17-11-22-21(26-19(17)29(16)15-9-6-10-15)30-18(23-12-25-30)14-7-4-3-5-8-14/h3-13,16H,2H2,1H3/t16-/m1/s1. The number of anilines is 1. The number of nitrogens with zero attached hydrogens (tertiary/aromatic N) is 9. The van der Waals surface area contributed by atoms with Crippen LogP contribution < -0.4 is 4.90 Å². The lowest BCUT2D eigenvalue weighted by Crippen LogP contribution is -2.35. The molecule has 0 unspecified atom stereocenters. The molecule has 4 heterocycles. The predicted octanol–water partition coefficient (Wildman–Crippen LogP) is 3.03. The molecule has 0 saturated heterocycles. The minimum absolute atomic E-state index is 0.0308. The molecule has 2 aliphatic rings. The van der Waals surface area contributed by atoms with Crippen LogP contribution in [-0.2, 0) is 0 Å². The number of rotatable bonds is 4. The highest BCUT2D eigenvalue weighted by Crippen LogP contribution is 2.41. The third kappa shape index (κ3) is 2.35. The van der Waals surface area contributed by atoms with E-state index in [0.29, 0.717) is 11.8 Å². The largest absolute Gasteiger partial charge is 0.314 e. The monoisotopic (exact) mass is 395 g/mol. The van der Waals surface area contributed by atoms with Crippen LogP contribution in [-0.4, -0.2) is 39.5 Å². The van der Waals surface area contributed by atoms with Gasteiger partial charge >= 0.3 is 0 Å². The van der Waals surface area contributed by atoms with Gasteiger partial charge < -0.3 is 4.90 Å². The fourth-order valence-corrected chi connectivity index (χ4v) is 3.91. The first-order valence-corrected chi connectivity index (χ1v) is 9.76. The highest BCUT2D eigenvalue weighted by Gasteiger charge is 2.36. The number of hydrogen-bond donors (Lipinski definition) is 0. The third-order valence-corrected chi connectivity index (χ3v) is 5.38. The van der Waals surface area contributed by atoms with E-state index in [2.05, 4.69) is 49.2 Å². The molecule has 9 heteroatoms. The molecule has 0 fully saturated rings. The van der Waals surface area contributed by atoms with Crippen LogP contribution in [0.2, 0.25) is 0 Å². The van der Waals surface area contributed by atoms with Gasteiger partial charge in [-0.3, -0.25) is 4.57 Å². The van der Waals surface area contributed by atoms with Crippen LogP contribution in [0.25, 0.3) is 23.0 Å². The van der Waals surface area contributed by atoms with Crippen molar-refractivity contribution in [2.45, 2.75) is 19.4 Å². The first-order chi connectivity index (χ1) is 14.8. The summed E-state index contributed by atoms with van der Waals surface area (Å²) in [7, 11) is 0. The Morgan fingerprint density at radius 2 is 1.97 bits per heavy atom. The van der Waals surface area contributed by atoms with Crippen molar-refractivity contribution in [3.05, 3.63) is 78.9 Å². The Hall–Kier alpha value is -4.14. The zero-order valence-electron chi connectivity index (χ0n) is 16.2. The molecule has 1 aliphatic heterocycles. The zero-order chi connectivity index (χ0) is 20.1. The quantitative estimate of drug-likeness (QED) is 0.524. The summed E-state index contributed by atoms with van der Waals surface area (Å²) in [6.07, 6.45) is 12.1. The van der Waals surface area contributed by atoms with E-state index in [-0.39, 0.29) is 6.04 Å². The number of benzene rings is 1. The molecule has 3 aromatic heterocycles. The van der Waals surface area contributed by atoms with E-state index in [1.807, 2.05) is 41.0 Å². The Balaban J connectivity index is 1.53. The van der Waals surface area contributed by atoms with Crippen molar-refractivity contribution in [1.82, 2.24) is 39.5 Å². The van der Waals surface area contributed by atoms with Gasteiger partial charge in [0.25, 0.3) is 5.95 Å². The molecule has 0 spiro atoms. The van der Waals surface area contributed by atoms with Crippen LogP contribution in [0.1, 0.15) is 25.2 Å². The summed E-state index contributed by atoms with van der Waals surface area (Å²) in [4.78, 5) is 16.1. The van der Waals surface area contributed by atoms with Gasteiger partial charge in [0.1, 0.15) is 18.3 Å². The lowest BCUT2D eigenvalue weighted by atomic mass is 10.1. The number of allylic oxidation sites excluding steroid dienone is 3. The van der Waals surface area contributed by atoms with Crippen LogP contribution in [0, 0.1) is 0 Å². The predicted molar refractivity (Wildman–Crippen MR) is 110 cm³/mol. The van der Waals surface area contributed by atoms with Crippen molar-refractivity contribution >= 4 is 5.82 Å². The van der Waals surface area contributed by atoms with E-state index in [1.54, 1.807) is 17.2 Å². The molecule has 0 saturated carbocycles. The summed E-state index contributed by atoms with van der Waals surface area (Å²) in [5.74, 6) is 2.83. The fraction of sp³-hybridized carbons (Fsp3) is 0.143. The minimum atomic E-state index is 0.0308. The van der Waals surface area contributed by atoms with Gasteiger partial charge in [-0.2, -0.15) is 14.8 Å². The molecule has 1 aliphatic carbocycles. The summed E-state index contributed by atoms with van der Waals surface area (Å²) in [5.41, 5.74) is 2.88. The Morgan fingerprint density at radius 1 is 1.10 bits per heavy atom. The molecule has 9 nitrogen and oxygen atoms in total. The van der Waals surface area contributed by atoms with E-state index in [9.17, 15) is 0 Å². The van der Waals surface area contributed by atoms with E-state index < -0.39 is 0 Å². The van der Waals surface area contributed by atoms with Gasteiger partial charge in [-0.1, -0.05) is 43.3 Å². The summed E-state index contributed by atoms with van der Waals surface area (Å²) in [6, 6.07) is 9.93. The van der Waals surface area contributed by atoms with E-state index in [4.69, 9.17) is 4.98 Å². The second-order valence-electron chi connectivity index (χ2n) is 7.04. The number of fused-ring (bicyclic) bond motifs is 3. The van der Waals surface area contributed by atoms with Gasteiger partial charge in [-0.05, 0) is 18.6 Å². The molecular weight excluding hydrogens is 378 g/mol. The maximum Gasteiger partial charge on any atom is 0.254 e. The Kier molecular flexibility index (Phi) is 3.61. The highest BCUT2D eigenvalue weighted by atomic mass is 15.4. The van der Waals surface area contributed by atoms with Gasteiger partial charge in [0.05, 0.1) is 12.2 Å². The van der Waals surface area contributed by atoms with Crippen molar-refractivity contribution in [3.63, 3.8) is 0 Å². The number of hydrogen-bond acceptors (Lipinski definition) is 7. The van der Waals surface area contributed by atoms with Crippen molar-refractivity contribution in [1.29, 1.82) is 0 Å². The van der Waals surface area contributed by atoms with Crippen molar-refractivity contribution in [2.75, 3.05) is 4.90 Å². The summed E-state index contributed by atoms with van der Waals surface area (Å²) < 4.78 is 3.63.